The van der Waals surface area contributed by atoms with Crippen LogP contribution >= 0.6 is 27.7 Å². The predicted octanol–water partition coefficient (Wildman–Crippen LogP) is 6.11. The average Bonchev–Trinajstić information content (AvgIpc) is 3.10. The van der Waals surface area contributed by atoms with Crippen molar-refractivity contribution in [2.75, 3.05) is 14.2 Å². The Hall–Kier alpha value is -3.63. The summed E-state index contributed by atoms with van der Waals surface area (Å²) in [6, 6.07) is 15.9. The highest BCUT2D eigenvalue weighted by Gasteiger charge is 2.30. The SMILES string of the molecule is COc1cc(/C=C2\SC(=Nc3cccc(C(=O)O)c3)N(C)C2=O)cc(Br)c1OCc1cccc(F)c1. The molecule has 0 saturated carbocycles. The Morgan fingerprint density at radius 3 is 2.69 bits per heavy atom. The number of amidine groups is 1. The minimum Gasteiger partial charge on any atom is -0.493 e. The molecule has 1 heterocycles. The number of amides is 1. The van der Waals surface area contributed by atoms with Gasteiger partial charge >= 0.3 is 5.97 Å². The van der Waals surface area contributed by atoms with Gasteiger partial charge in [-0.2, -0.15) is 0 Å². The van der Waals surface area contributed by atoms with E-state index in [-0.39, 0.29) is 23.9 Å². The van der Waals surface area contributed by atoms with E-state index in [1.165, 1.54) is 48.0 Å². The molecule has 36 heavy (non-hydrogen) atoms. The van der Waals surface area contributed by atoms with Gasteiger partial charge in [-0.15, -0.1) is 0 Å². The van der Waals surface area contributed by atoms with E-state index in [9.17, 15) is 19.1 Å². The van der Waals surface area contributed by atoms with Crippen molar-refractivity contribution in [2.45, 2.75) is 6.61 Å². The highest BCUT2D eigenvalue weighted by molar-refractivity contribution is 9.10. The molecule has 3 aromatic rings. The molecule has 0 aromatic heterocycles. The van der Waals surface area contributed by atoms with Crippen molar-refractivity contribution in [2.24, 2.45) is 4.99 Å². The van der Waals surface area contributed by atoms with Crippen molar-refractivity contribution in [1.82, 2.24) is 4.90 Å². The molecule has 1 N–H and O–H groups in total. The van der Waals surface area contributed by atoms with E-state index in [1.54, 1.807) is 49.5 Å². The van der Waals surface area contributed by atoms with E-state index in [4.69, 9.17) is 9.47 Å². The van der Waals surface area contributed by atoms with E-state index in [0.717, 1.165) is 0 Å². The number of likely N-dealkylation sites (N-methyl/N-ethyl adjacent to an activating group) is 1. The van der Waals surface area contributed by atoms with E-state index >= 15 is 0 Å². The molecule has 0 aliphatic carbocycles. The van der Waals surface area contributed by atoms with Gasteiger partial charge < -0.3 is 14.6 Å². The fraction of sp³-hybridized carbons (Fsp3) is 0.115. The zero-order chi connectivity index (χ0) is 25.8. The van der Waals surface area contributed by atoms with Crippen molar-refractivity contribution in [3.8, 4) is 11.5 Å². The molecular weight excluding hydrogens is 551 g/mol. The monoisotopic (exact) mass is 570 g/mol. The molecule has 0 radical (unpaired) electrons. The van der Waals surface area contributed by atoms with Crippen LogP contribution < -0.4 is 9.47 Å². The minimum atomic E-state index is -1.05. The van der Waals surface area contributed by atoms with Gasteiger partial charge in [-0.05, 0) is 87.4 Å². The number of carboxylic acids is 1. The van der Waals surface area contributed by atoms with Crippen molar-refractivity contribution in [1.29, 1.82) is 0 Å². The summed E-state index contributed by atoms with van der Waals surface area (Å²) in [4.78, 5) is 30.4. The van der Waals surface area contributed by atoms with Crippen LogP contribution in [-0.4, -0.2) is 41.2 Å². The summed E-state index contributed by atoms with van der Waals surface area (Å²) in [6.45, 7) is 0.148. The maximum absolute atomic E-state index is 13.5. The van der Waals surface area contributed by atoms with Crippen LogP contribution in [0, 0.1) is 5.82 Å². The summed E-state index contributed by atoms with van der Waals surface area (Å²) < 4.78 is 25.4. The first-order valence-corrected chi connectivity index (χ1v) is 12.2. The van der Waals surface area contributed by atoms with Crippen LogP contribution in [0.2, 0.25) is 0 Å². The fourth-order valence-corrected chi connectivity index (χ4v) is 4.93. The molecule has 1 saturated heterocycles. The number of ether oxygens (including phenoxy) is 2. The smallest absolute Gasteiger partial charge is 0.335 e. The van der Waals surface area contributed by atoms with Crippen molar-refractivity contribution >= 4 is 56.5 Å². The Balaban J connectivity index is 1.57. The number of carbonyl (C=O) groups is 2. The summed E-state index contributed by atoms with van der Waals surface area (Å²) in [7, 11) is 3.11. The molecule has 0 atom stereocenters. The normalized spacial score (nSPS) is 15.6. The quantitative estimate of drug-likeness (QED) is 0.345. The standard InChI is InChI=1S/C26H20BrFN2O5S/c1-30-24(31)22(36-26(30)29-19-8-4-6-17(13-19)25(32)33)12-16-10-20(27)23(21(11-16)34-2)35-14-15-5-3-7-18(28)9-15/h3-13H,14H2,1-2H3,(H,32,33)/b22-12-,29-26?. The molecule has 7 nitrogen and oxygen atoms in total. The second-order valence-corrected chi connectivity index (χ2v) is 9.54. The number of aromatic carboxylic acids is 1. The largest absolute Gasteiger partial charge is 0.493 e. The third kappa shape index (κ3) is 5.77. The number of methoxy groups -OCH3 is 1. The highest BCUT2D eigenvalue weighted by Crippen LogP contribution is 2.39. The number of aliphatic imine (C=N–C) groups is 1. The molecule has 1 fully saturated rings. The van der Waals surface area contributed by atoms with E-state index < -0.39 is 5.97 Å². The summed E-state index contributed by atoms with van der Waals surface area (Å²) in [5.74, 6) is -0.744. The van der Waals surface area contributed by atoms with Crippen molar-refractivity contribution in [3.63, 3.8) is 0 Å². The van der Waals surface area contributed by atoms with Crippen LogP contribution in [0.3, 0.4) is 0 Å². The number of carboxylic acid groups (broad SMARTS) is 1. The lowest BCUT2D eigenvalue weighted by atomic mass is 10.1. The summed E-state index contributed by atoms with van der Waals surface area (Å²) >= 11 is 4.68. The Kier molecular flexibility index (Phi) is 7.76. The van der Waals surface area contributed by atoms with Gasteiger partial charge in [0.05, 0.1) is 27.7 Å². The van der Waals surface area contributed by atoms with Gasteiger partial charge in [-0.25, -0.2) is 14.2 Å². The zero-order valence-electron chi connectivity index (χ0n) is 19.2. The van der Waals surface area contributed by atoms with E-state index in [1.807, 2.05) is 0 Å². The first kappa shape index (κ1) is 25.5. The van der Waals surface area contributed by atoms with Crippen LogP contribution in [0.4, 0.5) is 10.1 Å². The second kappa shape index (κ2) is 11.0. The molecule has 10 heteroatoms. The molecule has 184 valence electrons. The van der Waals surface area contributed by atoms with Crippen LogP contribution in [0.15, 0.2) is 75.0 Å². The number of benzene rings is 3. The Bertz CT molecular complexity index is 1410. The van der Waals surface area contributed by atoms with Gasteiger partial charge in [0.1, 0.15) is 12.4 Å². The summed E-state index contributed by atoms with van der Waals surface area (Å²) in [5, 5.41) is 9.62. The van der Waals surface area contributed by atoms with Gasteiger partial charge in [0.15, 0.2) is 16.7 Å². The molecule has 0 spiro atoms. The average molecular weight is 571 g/mol. The van der Waals surface area contributed by atoms with Gasteiger partial charge in [0.25, 0.3) is 5.91 Å². The third-order valence-corrected chi connectivity index (χ3v) is 6.79. The second-order valence-electron chi connectivity index (χ2n) is 7.68. The molecule has 4 rings (SSSR count). The van der Waals surface area contributed by atoms with Crippen LogP contribution in [0.25, 0.3) is 6.08 Å². The van der Waals surface area contributed by atoms with Crippen LogP contribution in [0.1, 0.15) is 21.5 Å². The molecule has 0 unspecified atom stereocenters. The number of nitrogens with zero attached hydrogens (tertiary/aromatic N) is 2. The summed E-state index contributed by atoms with van der Waals surface area (Å²) in [6.07, 6.45) is 1.71. The number of hydrogen-bond acceptors (Lipinski definition) is 6. The number of halogens is 2. The number of rotatable bonds is 7. The summed E-state index contributed by atoms with van der Waals surface area (Å²) in [5.41, 5.74) is 1.91. The molecule has 1 aliphatic rings. The number of hydrogen-bond donors (Lipinski definition) is 1. The predicted molar refractivity (Wildman–Crippen MR) is 140 cm³/mol. The number of carbonyl (C=O) groups excluding carboxylic acids is 1. The molecule has 3 aromatic carbocycles. The zero-order valence-corrected chi connectivity index (χ0v) is 21.6. The maximum atomic E-state index is 13.5. The van der Waals surface area contributed by atoms with Gasteiger partial charge in [0.2, 0.25) is 0 Å². The topological polar surface area (TPSA) is 88.4 Å². The number of thioether (sulfide) groups is 1. The van der Waals surface area contributed by atoms with Crippen LogP contribution in [-0.2, 0) is 11.4 Å². The Labute approximate surface area is 219 Å². The lowest BCUT2D eigenvalue weighted by Crippen LogP contribution is -2.23. The van der Waals surface area contributed by atoms with E-state index in [0.29, 0.717) is 42.9 Å². The Morgan fingerprint density at radius 2 is 1.97 bits per heavy atom. The van der Waals surface area contributed by atoms with E-state index in [2.05, 4.69) is 20.9 Å². The van der Waals surface area contributed by atoms with Crippen LogP contribution in [0.5, 0.6) is 11.5 Å². The fourth-order valence-electron chi connectivity index (χ4n) is 3.37. The first-order chi connectivity index (χ1) is 17.2. The molecular formula is C26H20BrFN2O5S. The lowest BCUT2D eigenvalue weighted by molar-refractivity contribution is -0.121. The van der Waals surface area contributed by atoms with Gasteiger partial charge in [-0.3, -0.25) is 9.69 Å². The molecule has 1 aliphatic heterocycles. The third-order valence-electron chi connectivity index (χ3n) is 5.14. The lowest BCUT2D eigenvalue weighted by Gasteiger charge is -2.14. The Morgan fingerprint density at radius 1 is 1.19 bits per heavy atom. The van der Waals surface area contributed by atoms with Crippen molar-refractivity contribution in [3.05, 3.63) is 92.5 Å². The molecule has 0 bridgehead atoms. The first-order valence-electron chi connectivity index (χ1n) is 10.6. The van der Waals surface area contributed by atoms with Gasteiger partial charge in [-0.1, -0.05) is 18.2 Å². The van der Waals surface area contributed by atoms with Gasteiger partial charge in [0, 0.05) is 7.05 Å². The minimum absolute atomic E-state index is 0.112. The highest BCUT2D eigenvalue weighted by atomic mass is 79.9. The molecule has 1 amide bonds. The van der Waals surface area contributed by atoms with Crippen molar-refractivity contribution < 1.29 is 28.6 Å². The maximum Gasteiger partial charge on any atom is 0.335 e.